The highest BCUT2D eigenvalue weighted by Crippen LogP contribution is 2.06. The Labute approximate surface area is 90.5 Å². The van der Waals surface area contributed by atoms with Gasteiger partial charge in [-0.25, -0.2) is 10.4 Å². The molecule has 1 aromatic rings. The van der Waals surface area contributed by atoms with Gasteiger partial charge in [0.05, 0.1) is 6.26 Å². The predicted molar refractivity (Wildman–Crippen MR) is 57.2 cm³/mol. The first kappa shape index (κ1) is 10.1. The van der Waals surface area contributed by atoms with Crippen molar-refractivity contribution in [3.63, 3.8) is 0 Å². The van der Waals surface area contributed by atoms with Crippen LogP contribution < -0.4 is 16.2 Å². The maximum Gasteiger partial charge on any atom is 0.293 e. The molecule has 1 aliphatic rings. The minimum Gasteiger partial charge on any atom is -0.459 e. The van der Waals surface area contributed by atoms with Crippen LogP contribution in [-0.2, 0) is 0 Å². The summed E-state index contributed by atoms with van der Waals surface area (Å²) in [6.07, 6.45) is 3.36. The van der Waals surface area contributed by atoms with Crippen molar-refractivity contribution in [3.8, 4) is 0 Å². The number of rotatable bonds is 2. The Bertz CT molecular complexity index is 376. The third-order valence-corrected chi connectivity index (χ3v) is 2.43. The maximum atomic E-state index is 11.5. The molecule has 1 aliphatic heterocycles. The lowest BCUT2D eigenvalue weighted by atomic mass is 10.4. The third-order valence-electron chi connectivity index (χ3n) is 1.76. The fourth-order valence-electron chi connectivity index (χ4n) is 1.06. The van der Waals surface area contributed by atoms with Gasteiger partial charge in [0.2, 0.25) is 5.96 Å². The Balaban J connectivity index is 1.96. The number of hydrogen-bond acceptors (Lipinski definition) is 6. The van der Waals surface area contributed by atoms with Gasteiger partial charge < -0.3 is 4.42 Å². The summed E-state index contributed by atoms with van der Waals surface area (Å²) in [4.78, 5) is 15.6. The molecule has 0 saturated carbocycles. The largest absolute Gasteiger partial charge is 0.459 e. The molecular weight excluding hydrogens is 216 g/mol. The van der Waals surface area contributed by atoms with Crippen molar-refractivity contribution in [1.82, 2.24) is 16.2 Å². The van der Waals surface area contributed by atoms with Crippen LogP contribution >= 0.6 is 11.8 Å². The fourth-order valence-corrected chi connectivity index (χ4v) is 1.45. The summed E-state index contributed by atoms with van der Waals surface area (Å²) in [6, 6.07) is 3.24. The van der Waals surface area contributed by atoms with Crippen LogP contribution in [0.1, 0.15) is 10.6 Å². The van der Waals surface area contributed by atoms with E-state index in [-0.39, 0.29) is 17.2 Å². The summed E-state index contributed by atoms with van der Waals surface area (Å²) < 4.78 is 4.94. The first-order valence-electron chi connectivity index (χ1n) is 4.26. The van der Waals surface area contributed by atoms with Gasteiger partial charge in [-0.2, -0.15) is 0 Å². The fraction of sp³-hybridized carbons (Fsp3) is 0.250. The average Bonchev–Trinajstić information content (AvgIpc) is 2.87. The molecule has 3 N–H and O–H groups in total. The van der Waals surface area contributed by atoms with Crippen LogP contribution in [0.25, 0.3) is 0 Å². The summed E-state index contributed by atoms with van der Waals surface area (Å²) in [5.41, 5.74) is 5.55. The lowest BCUT2D eigenvalue weighted by molar-refractivity contribution is 0.0949. The third kappa shape index (κ3) is 2.31. The van der Waals surface area contributed by atoms with E-state index in [1.54, 1.807) is 12.1 Å². The van der Waals surface area contributed by atoms with E-state index in [2.05, 4.69) is 21.2 Å². The number of thioether (sulfide) groups is 1. The number of nitrogens with one attached hydrogen (secondary N) is 3. The number of hydrazine groups is 1. The number of guanidine groups is 1. The van der Waals surface area contributed by atoms with Gasteiger partial charge in [-0.3, -0.25) is 15.5 Å². The van der Waals surface area contributed by atoms with E-state index in [1.165, 1.54) is 18.0 Å². The molecule has 0 spiro atoms. The SMILES string of the molecule is CSC1N=C(NC(=O)c2ccco2)NN1. The van der Waals surface area contributed by atoms with Crippen molar-refractivity contribution < 1.29 is 9.21 Å². The zero-order valence-electron chi connectivity index (χ0n) is 7.98. The summed E-state index contributed by atoms with van der Waals surface area (Å²) in [5.74, 6) is 0.331. The normalized spacial score (nSPS) is 19.5. The van der Waals surface area contributed by atoms with Crippen molar-refractivity contribution in [1.29, 1.82) is 0 Å². The van der Waals surface area contributed by atoms with E-state index >= 15 is 0 Å². The van der Waals surface area contributed by atoms with Crippen LogP contribution in [0.5, 0.6) is 0 Å². The van der Waals surface area contributed by atoms with Gasteiger partial charge in [-0.15, -0.1) is 11.8 Å². The molecule has 2 rings (SSSR count). The van der Waals surface area contributed by atoms with E-state index in [1.807, 2.05) is 6.26 Å². The number of aliphatic imine (C=N–C) groups is 1. The second kappa shape index (κ2) is 4.37. The van der Waals surface area contributed by atoms with Crippen LogP contribution in [0.15, 0.2) is 27.8 Å². The second-order valence-corrected chi connectivity index (χ2v) is 3.68. The predicted octanol–water partition coefficient (Wildman–Crippen LogP) is 0.120. The van der Waals surface area contributed by atoms with Gasteiger partial charge in [0.15, 0.2) is 11.3 Å². The molecule has 6 nitrogen and oxygen atoms in total. The van der Waals surface area contributed by atoms with Crippen LogP contribution in [0.4, 0.5) is 0 Å². The van der Waals surface area contributed by atoms with Crippen molar-refractivity contribution >= 4 is 23.6 Å². The molecule has 0 aliphatic carbocycles. The van der Waals surface area contributed by atoms with Crippen LogP contribution in [0.2, 0.25) is 0 Å². The maximum absolute atomic E-state index is 11.5. The lowest BCUT2D eigenvalue weighted by Crippen LogP contribution is -2.43. The molecule has 80 valence electrons. The van der Waals surface area contributed by atoms with Crippen LogP contribution in [-0.4, -0.2) is 23.6 Å². The van der Waals surface area contributed by atoms with Crippen LogP contribution in [0.3, 0.4) is 0 Å². The van der Waals surface area contributed by atoms with Crippen molar-refractivity contribution in [2.24, 2.45) is 4.99 Å². The number of hydrogen-bond donors (Lipinski definition) is 3. The van der Waals surface area contributed by atoms with E-state index in [0.29, 0.717) is 5.96 Å². The zero-order valence-corrected chi connectivity index (χ0v) is 8.80. The monoisotopic (exact) mass is 226 g/mol. The van der Waals surface area contributed by atoms with Gasteiger partial charge >= 0.3 is 0 Å². The Hall–Kier alpha value is -1.47. The van der Waals surface area contributed by atoms with Gasteiger partial charge in [0, 0.05) is 0 Å². The minimum atomic E-state index is -0.324. The van der Waals surface area contributed by atoms with Crippen molar-refractivity contribution in [3.05, 3.63) is 24.2 Å². The molecule has 1 unspecified atom stereocenters. The smallest absolute Gasteiger partial charge is 0.293 e. The summed E-state index contributed by atoms with van der Waals surface area (Å²) in [6.45, 7) is 0. The molecule has 1 atom stereocenters. The Morgan fingerprint density at radius 1 is 1.73 bits per heavy atom. The molecule has 1 aromatic heterocycles. The highest BCUT2D eigenvalue weighted by atomic mass is 32.2. The summed E-state index contributed by atoms with van der Waals surface area (Å²) >= 11 is 1.52. The number of carbonyl (C=O) groups excluding carboxylic acids is 1. The first-order valence-corrected chi connectivity index (χ1v) is 5.55. The van der Waals surface area contributed by atoms with E-state index < -0.39 is 0 Å². The Morgan fingerprint density at radius 2 is 2.60 bits per heavy atom. The molecule has 0 fully saturated rings. The standard InChI is InChI=1S/C8H10N4O2S/c1-15-8-10-7(11-12-8)9-6(13)5-3-2-4-14-5/h2-4,8,12H,1H3,(H2,9,10,11,13). The molecule has 0 saturated heterocycles. The highest BCUT2D eigenvalue weighted by Gasteiger charge is 2.17. The molecule has 0 aromatic carbocycles. The second-order valence-electron chi connectivity index (χ2n) is 2.77. The van der Waals surface area contributed by atoms with Gasteiger partial charge in [-0.05, 0) is 18.4 Å². The quantitative estimate of drug-likeness (QED) is 0.667. The average molecular weight is 226 g/mol. The van der Waals surface area contributed by atoms with Crippen LogP contribution in [0, 0.1) is 0 Å². The number of furan rings is 1. The molecule has 0 bridgehead atoms. The van der Waals surface area contributed by atoms with Crippen molar-refractivity contribution in [2.45, 2.75) is 5.50 Å². The Kier molecular flexibility index (Phi) is 2.93. The molecular formula is C8H10N4O2S. The van der Waals surface area contributed by atoms with E-state index in [0.717, 1.165) is 0 Å². The molecule has 15 heavy (non-hydrogen) atoms. The van der Waals surface area contributed by atoms with Gasteiger partial charge in [-0.1, -0.05) is 0 Å². The molecule has 0 radical (unpaired) electrons. The van der Waals surface area contributed by atoms with E-state index in [9.17, 15) is 4.79 Å². The number of carbonyl (C=O) groups is 1. The molecule has 7 heteroatoms. The molecule has 2 heterocycles. The number of amides is 1. The van der Waals surface area contributed by atoms with Gasteiger partial charge in [0.1, 0.15) is 0 Å². The molecule has 1 amide bonds. The van der Waals surface area contributed by atoms with Gasteiger partial charge in [0.25, 0.3) is 5.91 Å². The minimum absolute atomic E-state index is 0.0723. The lowest BCUT2D eigenvalue weighted by Gasteiger charge is -2.02. The topological polar surface area (TPSA) is 78.7 Å². The summed E-state index contributed by atoms with van der Waals surface area (Å²) in [5, 5.41) is 2.58. The summed E-state index contributed by atoms with van der Waals surface area (Å²) in [7, 11) is 0. The zero-order chi connectivity index (χ0) is 10.7. The van der Waals surface area contributed by atoms with E-state index in [4.69, 9.17) is 4.42 Å². The highest BCUT2D eigenvalue weighted by molar-refractivity contribution is 7.99. The number of nitrogens with zero attached hydrogens (tertiary/aromatic N) is 1. The van der Waals surface area contributed by atoms with Crippen molar-refractivity contribution in [2.75, 3.05) is 6.26 Å². The Morgan fingerprint density at radius 3 is 3.20 bits per heavy atom. The first-order chi connectivity index (χ1) is 7.29.